The van der Waals surface area contributed by atoms with Gasteiger partial charge in [0.25, 0.3) is 5.91 Å². The SMILES string of the molecule is Cc1nonc1C(=O)N/N=C\c1ccc(O)c([N+](=O)[O-])c1. The first-order chi connectivity index (χ1) is 9.99. The second-order valence-corrected chi connectivity index (χ2v) is 3.90. The summed E-state index contributed by atoms with van der Waals surface area (Å²) in [5.74, 6) is -1.08. The van der Waals surface area contributed by atoms with Crippen molar-refractivity contribution < 1.29 is 19.5 Å². The van der Waals surface area contributed by atoms with Crippen molar-refractivity contribution in [2.45, 2.75) is 6.92 Å². The molecule has 21 heavy (non-hydrogen) atoms. The maximum absolute atomic E-state index is 11.6. The van der Waals surface area contributed by atoms with Crippen LogP contribution in [0, 0.1) is 17.0 Å². The lowest BCUT2D eigenvalue weighted by Crippen LogP contribution is -2.19. The maximum atomic E-state index is 11.6. The number of nitrogens with one attached hydrogen (secondary N) is 1. The van der Waals surface area contributed by atoms with Gasteiger partial charge in [-0.1, -0.05) is 5.16 Å². The van der Waals surface area contributed by atoms with Crippen LogP contribution < -0.4 is 5.43 Å². The summed E-state index contributed by atoms with van der Waals surface area (Å²) in [7, 11) is 0. The van der Waals surface area contributed by atoms with Crippen LogP contribution in [0.25, 0.3) is 0 Å². The van der Waals surface area contributed by atoms with Gasteiger partial charge in [0.1, 0.15) is 5.69 Å². The van der Waals surface area contributed by atoms with E-state index in [0.717, 1.165) is 12.1 Å². The molecule has 1 aromatic heterocycles. The third-order valence-electron chi connectivity index (χ3n) is 2.44. The fourth-order valence-electron chi connectivity index (χ4n) is 1.42. The minimum atomic E-state index is -0.727. The average molecular weight is 291 g/mol. The molecule has 0 radical (unpaired) electrons. The summed E-state index contributed by atoms with van der Waals surface area (Å²) in [5, 5.41) is 30.4. The van der Waals surface area contributed by atoms with Gasteiger partial charge in [0, 0.05) is 11.6 Å². The molecule has 2 aromatic rings. The van der Waals surface area contributed by atoms with Gasteiger partial charge in [-0.2, -0.15) is 5.10 Å². The fraction of sp³-hybridized carbons (Fsp3) is 0.0909. The van der Waals surface area contributed by atoms with Crippen LogP contribution in [0.4, 0.5) is 5.69 Å². The van der Waals surface area contributed by atoms with Crippen molar-refractivity contribution in [3.63, 3.8) is 0 Å². The molecule has 0 fully saturated rings. The molecule has 2 N–H and O–H groups in total. The number of aromatic hydroxyl groups is 1. The van der Waals surface area contributed by atoms with Crippen molar-refractivity contribution in [3.05, 3.63) is 45.3 Å². The fourth-order valence-corrected chi connectivity index (χ4v) is 1.42. The molecule has 0 spiro atoms. The topological polar surface area (TPSA) is 144 Å². The number of nitro groups is 1. The monoisotopic (exact) mass is 291 g/mol. The zero-order chi connectivity index (χ0) is 15.4. The standard InChI is InChI=1S/C11H9N5O5/c1-6-10(15-21-14-6)11(18)13-12-5-7-2-3-9(17)8(4-7)16(19)20/h2-5,17H,1H3,(H,13,18)/b12-5-. The number of aromatic nitrogens is 2. The average Bonchev–Trinajstić information content (AvgIpc) is 2.86. The Hall–Kier alpha value is -3.30. The summed E-state index contributed by atoms with van der Waals surface area (Å²) in [6.07, 6.45) is 1.19. The molecule has 1 amide bonds. The van der Waals surface area contributed by atoms with Crippen LogP contribution in [-0.2, 0) is 0 Å². The van der Waals surface area contributed by atoms with E-state index in [9.17, 15) is 20.0 Å². The van der Waals surface area contributed by atoms with Gasteiger partial charge in [0.15, 0.2) is 11.4 Å². The molecule has 0 aliphatic rings. The lowest BCUT2D eigenvalue weighted by molar-refractivity contribution is -0.385. The number of nitrogens with zero attached hydrogens (tertiary/aromatic N) is 4. The van der Waals surface area contributed by atoms with Crippen molar-refractivity contribution >= 4 is 17.8 Å². The summed E-state index contributed by atoms with van der Waals surface area (Å²) in [6.45, 7) is 1.54. The minimum Gasteiger partial charge on any atom is -0.502 e. The van der Waals surface area contributed by atoms with Crippen LogP contribution in [-0.4, -0.2) is 32.5 Å². The van der Waals surface area contributed by atoms with Gasteiger partial charge in [-0.3, -0.25) is 14.9 Å². The van der Waals surface area contributed by atoms with Gasteiger partial charge in [-0.15, -0.1) is 0 Å². The Bertz CT molecular complexity index is 724. The highest BCUT2D eigenvalue weighted by molar-refractivity contribution is 5.93. The largest absolute Gasteiger partial charge is 0.502 e. The zero-order valence-electron chi connectivity index (χ0n) is 10.7. The summed E-state index contributed by atoms with van der Waals surface area (Å²) >= 11 is 0. The lowest BCUT2D eigenvalue weighted by atomic mass is 10.2. The number of phenolic OH excluding ortho intramolecular Hbond substituents is 1. The van der Waals surface area contributed by atoms with E-state index >= 15 is 0 Å². The Labute approximate surface area is 117 Å². The van der Waals surface area contributed by atoms with Crippen LogP contribution in [0.1, 0.15) is 21.7 Å². The third-order valence-corrected chi connectivity index (χ3v) is 2.44. The lowest BCUT2D eigenvalue weighted by Gasteiger charge is -1.98. The molecule has 0 atom stereocenters. The molecule has 0 saturated carbocycles. The predicted molar refractivity (Wildman–Crippen MR) is 68.9 cm³/mol. The highest BCUT2D eigenvalue weighted by atomic mass is 16.6. The first-order valence-electron chi connectivity index (χ1n) is 5.59. The van der Waals surface area contributed by atoms with Crippen molar-refractivity contribution in [1.29, 1.82) is 0 Å². The zero-order valence-corrected chi connectivity index (χ0v) is 10.7. The van der Waals surface area contributed by atoms with Crippen LogP contribution in [0.5, 0.6) is 5.75 Å². The molecular formula is C11H9N5O5. The van der Waals surface area contributed by atoms with Crippen LogP contribution >= 0.6 is 0 Å². The smallest absolute Gasteiger partial charge is 0.311 e. The maximum Gasteiger partial charge on any atom is 0.311 e. The number of hydrazone groups is 1. The van der Waals surface area contributed by atoms with E-state index in [-0.39, 0.29) is 5.69 Å². The number of hydrogen-bond acceptors (Lipinski definition) is 8. The number of benzene rings is 1. The van der Waals surface area contributed by atoms with Gasteiger partial charge in [-0.25, -0.2) is 10.1 Å². The summed E-state index contributed by atoms with van der Waals surface area (Å²) in [5.41, 5.74) is 2.34. The molecule has 0 aliphatic heterocycles. The Morgan fingerprint density at radius 2 is 2.29 bits per heavy atom. The summed E-state index contributed by atoms with van der Waals surface area (Å²) < 4.78 is 4.37. The molecule has 10 nitrogen and oxygen atoms in total. The van der Waals surface area contributed by atoms with E-state index in [2.05, 4.69) is 25.5 Å². The summed E-state index contributed by atoms with van der Waals surface area (Å²) in [4.78, 5) is 21.5. The van der Waals surface area contributed by atoms with Gasteiger partial charge in [0.2, 0.25) is 0 Å². The van der Waals surface area contributed by atoms with Gasteiger partial charge < -0.3 is 5.11 Å². The highest BCUT2D eigenvalue weighted by Crippen LogP contribution is 2.25. The molecule has 10 heteroatoms. The molecule has 1 heterocycles. The van der Waals surface area contributed by atoms with Crippen molar-refractivity contribution in [2.24, 2.45) is 5.10 Å². The molecule has 0 saturated heterocycles. The Balaban J connectivity index is 2.08. The number of rotatable bonds is 4. The second-order valence-electron chi connectivity index (χ2n) is 3.90. The first-order valence-corrected chi connectivity index (χ1v) is 5.59. The number of phenols is 1. The third kappa shape index (κ3) is 3.18. The molecule has 2 rings (SSSR count). The van der Waals surface area contributed by atoms with E-state index in [0.29, 0.717) is 11.3 Å². The van der Waals surface area contributed by atoms with Gasteiger partial charge in [0.05, 0.1) is 11.1 Å². The number of carbonyl (C=O) groups excluding carboxylic acids is 1. The number of nitro benzene ring substituents is 1. The number of carbonyl (C=O) groups is 1. The minimum absolute atomic E-state index is 0.0103. The normalized spacial score (nSPS) is 10.7. The van der Waals surface area contributed by atoms with Crippen LogP contribution in [0.3, 0.4) is 0 Å². The Morgan fingerprint density at radius 1 is 1.52 bits per heavy atom. The molecule has 1 aromatic carbocycles. The molecule has 0 aliphatic carbocycles. The number of amides is 1. The van der Waals surface area contributed by atoms with Crippen LogP contribution in [0.15, 0.2) is 27.9 Å². The van der Waals surface area contributed by atoms with E-state index in [4.69, 9.17) is 0 Å². The molecule has 0 bridgehead atoms. The molecule has 0 unspecified atom stereocenters. The van der Waals surface area contributed by atoms with E-state index in [1.807, 2.05) is 0 Å². The Kier molecular flexibility index (Phi) is 3.88. The van der Waals surface area contributed by atoms with Crippen molar-refractivity contribution in [2.75, 3.05) is 0 Å². The first kappa shape index (κ1) is 14.1. The quantitative estimate of drug-likeness (QED) is 0.480. The highest BCUT2D eigenvalue weighted by Gasteiger charge is 2.14. The van der Waals surface area contributed by atoms with E-state index in [1.165, 1.54) is 12.3 Å². The number of hydrogen-bond donors (Lipinski definition) is 2. The Morgan fingerprint density at radius 3 is 2.90 bits per heavy atom. The van der Waals surface area contributed by atoms with Crippen molar-refractivity contribution in [3.8, 4) is 5.75 Å². The van der Waals surface area contributed by atoms with Gasteiger partial charge >= 0.3 is 5.69 Å². The molecular weight excluding hydrogens is 282 g/mol. The van der Waals surface area contributed by atoms with E-state index < -0.39 is 22.3 Å². The van der Waals surface area contributed by atoms with E-state index in [1.54, 1.807) is 6.92 Å². The second kappa shape index (κ2) is 5.77. The van der Waals surface area contributed by atoms with Gasteiger partial charge in [-0.05, 0) is 24.2 Å². The molecule has 108 valence electrons. The number of aryl methyl sites for hydroxylation is 1. The van der Waals surface area contributed by atoms with Crippen molar-refractivity contribution in [1.82, 2.24) is 15.7 Å². The predicted octanol–water partition coefficient (Wildman–Crippen LogP) is 0.756. The summed E-state index contributed by atoms with van der Waals surface area (Å²) in [6, 6.07) is 3.68. The van der Waals surface area contributed by atoms with Crippen LogP contribution in [0.2, 0.25) is 0 Å².